The summed E-state index contributed by atoms with van der Waals surface area (Å²) in [6, 6.07) is 7.72. The minimum Gasteiger partial charge on any atom is -0.337 e. The average molecular weight is 318 g/mol. The van der Waals surface area contributed by atoms with Crippen LogP contribution >= 0.6 is 11.8 Å². The molecule has 0 aliphatic rings. The topological polar surface area (TPSA) is 59.0 Å². The maximum atomic E-state index is 11.9. The molecule has 0 saturated carbocycles. The SMILES string of the molecule is CC(C)SCc1cccc(NC(=O)NCc2nccn2C)c1. The molecule has 0 unspecified atom stereocenters. The maximum absolute atomic E-state index is 11.9. The summed E-state index contributed by atoms with van der Waals surface area (Å²) in [5.74, 6) is 1.76. The van der Waals surface area contributed by atoms with E-state index in [0.717, 1.165) is 17.3 Å². The lowest BCUT2D eigenvalue weighted by atomic mass is 10.2. The molecule has 118 valence electrons. The smallest absolute Gasteiger partial charge is 0.319 e. The molecule has 2 rings (SSSR count). The highest BCUT2D eigenvalue weighted by molar-refractivity contribution is 7.99. The minimum absolute atomic E-state index is 0.225. The molecule has 1 heterocycles. The van der Waals surface area contributed by atoms with Gasteiger partial charge in [-0.15, -0.1) is 0 Å². The molecule has 0 saturated heterocycles. The quantitative estimate of drug-likeness (QED) is 0.858. The number of rotatable bonds is 6. The molecule has 1 aromatic carbocycles. The first-order chi connectivity index (χ1) is 10.5. The fraction of sp³-hybridized carbons (Fsp3) is 0.375. The molecule has 0 spiro atoms. The number of aryl methyl sites for hydroxylation is 1. The van der Waals surface area contributed by atoms with Crippen LogP contribution in [0.15, 0.2) is 36.7 Å². The van der Waals surface area contributed by atoms with Crippen molar-refractivity contribution in [2.24, 2.45) is 7.05 Å². The van der Waals surface area contributed by atoms with Gasteiger partial charge < -0.3 is 15.2 Å². The first-order valence-electron chi connectivity index (χ1n) is 7.26. The number of nitrogens with one attached hydrogen (secondary N) is 2. The van der Waals surface area contributed by atoms with Gasteiger partial charge in [0.2, 0.25) is 0 Å². The second kappa shape index (κ2) is 7.89. The second-order valence-corrected chi connectivity index (χ2v) is 6.89. The molecule has 2 amide bonds. The van der Waals surface area contributed by atoms with Crippen LogP contribution in [0.4, 0.5) is 10.5 Å². The van der Waals surface area contributed by atoms with E-state index in [2.05, 4.69) is 35.5 Å². The van der Waals surface area contributed by atoms with Crippen molar-refractivity contribution in [2.45, 2.75) is 31.4 Å². The summed E-state index contributed by atoms with van der Waals surface area (Å²) in [6.07, 6.45) is 3.57. The lowest BCUT2D eigenvalue weighted by Gasteiger charge is -2.10. The molecule has 6 heteroatoms. The molecule has 0 aliphatic heterocycles. The molecule has 2 N–H and O–H groups in total. The lowest BCUT2D eigenvalue weighted by Crippen LogP contribution is -2.29. The van der Waals surface area contributed by atoms with Crippen molar-refractivity contribution in [3.05, 3.63) is 48.0 Å². The molecular weight excluding hydrogens is 296 g/mol. The molecule has 1 aromatic heterocycles. The summed E-state index contributed by atoms with van der Waals surface area (Å²) in [4.78, 5) is 16.1. The molecule has 22 heavy (non-hydrogen) atoms. The van der Waals surface area contributed by atoms with E-state index in [0.29, 0.717) is 11.8 Å². The van der Waals surface area contributed by atoms with Gasteiger partial charge in [-0.3, -0.25) is 0 Å². The predicted octanol–water partition coefficient (Wildman–Crippen LogP) is 3.38. The van der Waals surface area contributed by atoms with Gasteiger partial charge in [-0.25, -0.2) is 9.78 Å². The third kappa shape index (κ3) is 5.11. The molecule has 0 atom stereocenters. The van der Waals surface area contributed by atoms with Gasteiger partial charge in [-0.1, -0.05) is 26.0 Å². The van der Waals surface area contributed by atoms with Crippen molar-refractivity contribution in [3.8, 4) is 0 Å². The monoisotopic (exact) mass is 318 g/mol. The summed E-state index contributed by atoms with van der Waals surface area (Å²) in [5.41, 5.74) is 2.01. The number of hydrogen-bond acceptors (Lipinski definition) is 3. The van der Waals surface area contributed by atoms with E-state index in [-0.39, 0.29) is 6.03 Å². The minimum atomic E-state index is -0.225. The van der Waals surface area contributed by atoms with E-state index >= 15 is 0 Å². The Bertz CT molecular complexity index is 624. The number of hydrogen-bond donors (Lipinski definition) is 2. The second-order valence-electron chi connectivity index (χ2n) is 5.32. The Morgan fingerprint density at radius 3 is 2.91 bits per heavy atom. The molecular formula is C16H22N4OS. The van der Waals surface area contributed by atoms with E-state index in [9.17, 15) is 4.79 Å². The highest BCUT2D eigenvalue weighted by Crippen LogP contribution is 2.19. The highest BCUT2D eigenvalue weighted by Gasteiger charge is 2.05. The van der Waals surface area contributed by atoms with Crippen LogP contribution in [0.5, 0.6) is 0 Å². The van der Waals surface area contributed by atoms with Crippen LogP contribution in [-0.2, 0) is 19.3 Å². The van der Waals surface area contributed by atoms with Gasteiger partial charge in [-0.05, 0) is 22.9 Å². The van der Waals surface area contributed by atoms with Crippen LogP contribution in [0.25, 0.3) is 0 Å². The van der Waals surface area contributed by atoms with Gasteiger partial charge in [0.25, 0.3) is 0 Å². The van der Waals surface area contributed by atoms with E-state index in [4.69, 9.17) is 0 Å². The van der Waals surface area contributed by atoms with Crippen molar-refractivity contribution in [3.63, 3.8) is 0 Å². The number of thioether (sulfide) groups is 1. The summed E-state index contributed by atoms with van der Waals surface area (Å²) in [6.45, 7) is 4.76. The Morgan fingerprint density at radius 1 is 1.41 bits per heavy atom. The molecule has 5 nitrogen and oxygen atoms in total. The van der Waals surface area contributed by atoms with Gasteiger partial charge in [0.15, 0.2) is 0 Å². The van der Waals surface area contributed by atoms with Crippen LogP contribution in [-0.4, -0.2) is 20.8 Å². The zero-order valence-electron chi connectivity index (χ0n) is 13.2. The Morgan fingerprint density at radius 2 is 2.23 bits per heavy atom. The largest absolute Gasteiger partial charge is 0.337 e. The number of urea groups is 1. The van der Waals surface area contributed by atoms with Gasteiger partial charge >= 0.3 is 6.03 Å². The highest BCUT2D eigenvalue weighted by atomic mass is 32.2. The van der Waals surface area contributed by atoms with Crippen molar-refractivity contribution in [1.29, 1.82) is 0 Å². The van der Waals surface area contributed by atoms with Crippen LogP contribution < -0.4 is 10.6 Å². The Kier molecular flexibility index (Phi) is 5.89. The zero-order chi connectivity index (χ0) is 15.9. The van der Waals surface area contributed by atoms with Crippen LogP contribution in [0, 0.1) is 0 Å². The number of aromatic nitrogens is 2. The van der Waals surface area contributed by atoms with Crippen LogP contribution in [0.2, 0.25) is 0 Å². The molecule has 0 aliphatic carbocycles. The van der Waals surface area contributed by atoms with E-state index in [1.165, 1.54) is 5.56 Å². The standard InChI is InChI=1S/C16H22N4OS/c1-12(2)22-11-13-5-4-6-14(9-13)19-16(21)18-10-15-17-7-8-20(15)3/h4-9,12H,10-11H2,1-3H3,(H2,18,19,21). The van der Waals surface area contributed by atoms with Crippen LogP contribution in [0.1, 0.15) is 25.2 Å². The number of carbonyl (C=O) groups is 1. The van der Waals surface area contributed by atoms with Crippen molar-refractivity contribution in [1.82, 2.24) is 14.9 Å². The Hall–Kier alpha value is -1.95. The molecule has 0 bridgehead atoms. The number of nitrogens with zero attached hydrogens (tertiary/aromatic N) is 2. The fourth-order valence-electron chi connectivity index (χ4n) is 1.90. The van der Waals surface area contributed by atoms with Gasteiger partial charge in [0, 0.05) is 30.9 Å². The summed E-state index contributed by atoms with van der Waals surface area (Å²) in [5, 5.41) is 6.26. The van der Waals surface area contributed by atoms with Crippen molar-refractivity contribution in [2.75, 3.05) is 5.32 Å². The summed E-state index contributed by atoms with van der Waals surface area (Å²) >= 11 is 1.88. The summed E-state index contributed by atoms with van der Waals surface area (Å²) < 4.78 is 1.88. The number of carbonyl (C=O) groups excluding carboxylic acids is 1. The normalized spacial score (nSPS) is 10.7. The molecule has 2 aromatic rings. The van der Waals surface area contributed by atoms with Crippen LogP contribution in [0.3, 0.4) is 0 Å². The van der Waals surface area contributed by atoms with Gasteiger partial charge in [0.1, 0.15) is 5.82 Å². The summed E-state index contributed by atoms with van der Waals surface area (Å²) in [7, 11) is 1.90. The zero-order valence-corrected chi connectivity index (χ0v) is 14.0. The Balaban J connectivity index is 1.85. The first-order valence-corrected chi connectivity index (χ1v) is 8.31. The number of imidazole rings is 1. The van der Waals surface area contributed by atoms with E-state index in [1.807, 2.05) is 47.8 Å². The Labute approximate surface area is 135 Å². The number of anilines is 1. The van der Waals surface area contributed by atoms with Crippen molar-refractivity contribution < 1.29 is 4.79 Å². The number of benzene rings is 1. The van der Waals surface area contributed by atoms with Gasteiger partial charge in [0.05, 0.1) is 6.54 Å². The van der Waals surface area contributed by atoms with Crippen molar-refractivity contribution >= 4 is 23.5 Å². The lowest BCUT2D eigenvalue weighted by molar-refractivity contribution is 0.251. The molecule has 0 fully saturated rings. The fourth-order valence-corrected chi connectivity index (χ4v) is 2.61. The van der Waals surface area contributed by atoms with Gasteiger partial charge in [-0.2, -0.15) is 11.8 Å². The first kappa shape index (κ1) is 16.4. The number of amides is 2. The third-order valence-electron chi connectivity index (χ3n) is 3.10. The van der Waals surface area contributed by atoms with E-state index < -0.39 is 0 Å². The van der Waals surface area contributed by atoms with E-state index in [1.54, 1.807) is 6.20 Å². The maximum Gasteiger partial charge on any atom is 0.319 e. The molecule has 0 radical (unpaired) electrons. The third-order valence-corrected chi connectivity index (χ3v) is 4.26. The average Bonchev–Trinajstić information content (AvgIpc) is 2.89. The predicted molar refractivity (Wildman–Crippen MR) is 91.9 cm³/mol.